The summed E-state index contributed by atoms with van der Waals surface area (Å²) in [6.07, 6.45) is 1.43. The monoisotopic (exact) mass is 290 g/mol. The van der Waals surface area contributed by atoms with Gasteiger partial charge in [0.2, 0.25) is 5.91 Å². The van der Waals surface area contributed by atoms with Crippen LogP contribution in [0.4, 0.5) is 0 Å². The molecule has 0 radical (unpaired) electrons. The van der Waals surface area contributed by atoms with Crippen molar-refractivity contribution in [2.75, 3.05) is 7.11 Å². The summed E-state index contributed by atoms with van der Waals surface area (Å²) in [7, 11) is 1.65. The number of benzene rings is 1. The van der Waals surface area contributed by atoms with Crippen molar-refractivity contribution in [3.05, 3.63) is 35.3 Å². The Morgan fingerprint density at radius 2 is 2.10 bits per heavy atom. The highest BCUT2D eigenvalue weighted by molar-refractivity contribution is 7.13. The van der Waals surface area contributed by atoms with Crippen LogP contribution < -0.4 is 10.1 Å². The van der Waals surface area contributed by atoms with Crippen molar-refractivity contribution in [2.24, 2.45) is 0 Å². The Morgan fingerprint density at radius 1 is 1.35 bits per heavy atom. The van der Waals surface area contributed by atoms with E-state index in [4.69, 9.17) is 4.74 Å². The van der Waals surface area contributed by atoms with E-state index in [1.807, 2.05) is 36.6 Å². The molecule has 0 aliphatic heterocycles. The molecular weight excluding hydrogens is 272 g/mol. The third-order valence-corrected chi connectivity index (χ3v) is 3.77. The van der Waals surface area contributed by atoms with Gasteiger partial charge in [-0.1, -0.05) is 6.92 Å². The number of nitrogens with one attached hydrogen (secondary N) is 1. The zero-order valence-corrected chi connectivity index (χ0v) is 12.5. The molecule has 4 nitrogen and oxygen atoms in total. The predicted molar refractivity (Wildman–Crippen MR) is 80.9 cm³/mol. The van der Waals surface area contributed by atoms with Crippen LogP contribution in [-0.2, 0) is 11.3 Å². The summed E-state index contributed by atoms with van der Waals surface area (Å²) >= 11 is 1.58. The van der Waals surface area contributed by atoms with Crippen molar-refractivity contribution >= 4 is 17.2 Å². The first-order valence-corrected chi connectivity index (χ1v) is 7.46. The molecule has 0 spiro atoms. The fraction of sp³-hybridized carbons (Fsp3) is 0.333. The highest BCUT2D eigenvalue weighted by atomic mass is 32.1. The number of aromatic nitrogens is 1. The van der Waals surface area contributed by atoms with Crippen LogP contribution in [0.3, 0.4) is 0 Å². The molecule has 106 valence electrons. The van der Waals surface area contributed by atoms with Crippen LogP contribution in [0.15, 0.2) is 29.6 Å². The van der Waals surface area contributed by atoms with Crippen LogP contribution in [0.5, 0.6) is 5.75 Å². The number of rotatable bonds is 6. The molecule has 0 aliphatic rings. The molecule has 0 saturated carbocycles. The maximum Gasteiger partial charge on any atom is 0.220 e. The minimum absolute atomic E-state index is 0.0755. The van der Waals surface area contributed by atoms with Gasteiger partial charge >= 0.3 is 0 Å². The molecule has 0 bridgehead atoms. The average Bonchev–Trinajstić information content (AvgIpc) is 2.94. The molecule has 1 N–H and O–H groups in total. The van der Waals surface area contributed by atoms with Crippen LogP contribution in [-0.4, -0.2) is 18.0 Å². The lowest BCUT2D eigenvalue weighted by Crippen LogP contribution is -2.22. The van der Waals surface area contributed by atoms with Gasteiger partial charge in [-0.25, -0.2) is 4.98 Å². The Labute approximate surface area is 122 Å². The number of carbonyl (C=O) groups excluding carboxylic acids is 1. The molecule has 1 aromatic heterocycles. The van der Waals surface area contributed by atoms with Crippen LogP contribution in [0.2, 0.25) is 0 Å². The first-order chi connectivity index (χ1) is 9.72. The predicted octanol–water partition coefficient (Wildman–Crippen LogP) is 3.24. The van der Waals surface area contributed by atoms with Gasteiger partial charge in [-0.2, -0.15) is 0 Å². The number of amides is 1. The smallest absolute Gasteiger partial charge is 0.220 e. The lowest BCUT2D eigenvalue weighted by atomic mass is 10.2. The standard InChI is InChI=1S/C15H18N2O2S/c1-3-4-14(18)16-9-12-10-20-15(17-12)11-5-7-13(19-2)8-6-11/h5-8,10H,3-4,9H2,1-2H3,(H,16,18). The molecule has 0 atom stereocenters. The summed E-state index contributed by atoms with van der Waals surface area (Å²) in [4.78, 5) is 15.9. The van der Waals surface area contributed by atoms with Crippen molar-refractivity contribution in [3.63, 3.8) is 0 Å². The fourth-order valence-electron chi connectivity index (χ4n) is 1.76. The first-order valence-electron chi connectivity index (χ1n) is 6.58. The van der Waals surface area contributed by atoms with Crippen molar-refractivity contribution in [1.29, 1.82) is 0 Å². The lowest BCUT2D eigenvalue weighted by molar-refractivity contribution is -0.121. The van der Waals surface area contributed by atoms with Gasteiger partial charge in [-0.05, 0) is 30.7 Å². The minimum Gasteiger partial charge on any atom is -0.497 e. The van der Waals surface area contributed by atoms with Gasteiger partial charge in [-0.3, -0.25) is 4.79 Å². The van der Waals surface area contributed by atoms with E-state index in [9.17, 15) is 4.79 Å². The third-order valence-electron chi connectivity index (χ3n) is 2.83. The van der Waals surface area contributed by atoms with Crippen LogP contribution in [0.25, 0.3) is 10.6 Å². The van der Waals surface area contributed by atoms with Crippen molar-refractivity contribution in [2.45, 2.75) is 26.3 Å². The van der Waals surface area contributed by atoms with Gasteiger partial charge in [-0.15, -0.1) is 11.3 Å². The fourth-order valence-corrected chi connectivity index (χ4v) is 2.58. The van der Waals surface area contributed by atoms with Crippen LogP contribution in [0, 0.1) is 0 Å². The Morgan fingerprint density at radius 3 is 2.75 bits per heavy atom. The largest absolute Gasteiger partial charge is 0.497 e. The molecule has 0 saturated heterocycles. The second-order valence-electron chi connectivity index (χ2n) is 4.40. The SMILES string of the molecule is CCCC(=O)NCc1csc(-c2ccc(OC)cc2)n1. The molecular formula is C15H18N2O2S. The molecule has 1 amide bonds. The summed E-state index contributed by atoms with van der Waals surface area (Å²) in [5, 5.41) is 5.80. The molecule has 1 heterocycles. The highest BCUT2D eigenvalue weighted by Gasteiger charge is 2.06. The summed E-state index contributed by atoms with van der Waals surface area (Å²) < 4.78 is 5.13. The van der Waals surface area contributed by atoms with E-state index in [0.29, 0.717) is 13.0 Å². The maximum atomic E-state index is 11.4. The summed E-state index contributed by atoms with van der Waals surface area (Å²) in [5.74, 6) is 0.906. The lowest BCUT2D eigenvalue weighted by Gasteiger charge is -2.01. The van der Waals surface area contributed by atoms with Gasteiger partial charge in [0.05, 0.1) is 19.3 Å². The van der Waals surface area contributed by atoms with Crippen molar-refractivity contribution in [1.82, 2.24) is 10.3 Å². The van der Waals surface area contributed by atoms with Crippen molar-refractivity contribution in [3.8, 4) is 16.3 Å². The second kappa shape index (κ2) is 7.05. The quantitative estimate of drug-likeness (QED) is 0.888. The molecule has 5 heteroatoms. The summed E-state index contributed by atoms with van der Waals surface area (Å²) in [5.41, 5.74) is 1.95. The molecule has 0 aliphatic carbocycles. The van der Waals surface area contributed by atoms with E-state index in [2.05, 4.69) is 10.3 Å². The van der Waals surface area contributed by atoms with E-state index in [0.717, 1.165) is 28.4 Å². The molecule has 0 fully saturated rings. The third kappa shape index (κ3) is 3.81. The van der Waals surface area contributed by atoms with Crippen LogP contribution in [0.1, 0.15) is 25.5 Å². The van der Waals surface area contributed by atoms with Crippen LogP contribution >= 0.6 is 11.3 Å². The number of carbonyl (C=O) groups is 1. The highest BCUT2D eigenvalue weighted by Crippen LogP contribution is 2.25. The molecule has 2 aromatic rings. The van der Waals surface area contributed by atoms with Gasteiger partial charge < -0.3 is 10.1 Å². The maximum absolute atomic E-state index is 11.4. The number of methoxy groups -OCH3 is 1. The van der Waals surface area contributed by atoms with E-state index in [-0.39, 0.29) is 5.91 Å². The first kappa shape index (κ1) is 14.5. The topological polar surface area (TPSA) is 51.2 Å². The zero-order valence-electron chi connectivity index (χ0n) is 11.7. The number of thiazole rings is 1. The number of hydrogen-bond donors (Lipinski definition) is 1. The van der Waals surface area contributed by atoms with Gasteiger partial charge in [0.1, 0.15) is 10.8 Å². The number of ether oxygens (including phenoxy) is 1. The Kier molecular flexibility index (Phi) is 5.12. The van der Waals surface area contributed by atoms with Gasteiger partial charge in [0, 0.05) is 17.4 Å². The van der Waals surface area contributed by atoms with Gasteiger partial charge in [0.25, 0.3) is 0 Å². The molecule has 1 aromatic carbocycles. The second-order valence-corrected chi connectivity index (χ2v) is 5.26. The molecule has 0 unspecified atom stereocenters. The Bertz CT molecular complexity index is 564. The van der Waals surface area contributed by atoms with Crippen molar-refractivity contribution < 1.29 is 9.53 Å². The molecule has 20 heavy (non-hydrogen) atoms. The Hall–Kier alpha value is -1.88. The van der Waals surface area contributed by atoms with E-state index < -0.39 is 0 Å². The zero-order chi connectivity index (χ0) is 14.4. The van der Waals surface area contributed by atoms with E-state index >= 15 is 0 Å². The Balaban J connectivity index is 1.99. The average molecular weight is 290 g/mol. The summed E-state index contributed by atoms with van der Waals surface area (Å²) in [6.45, 7) is 2.48. The number of hydrogen-bond acceptors (Lipinski definition) is 4. The van der Waals surface area contributed by atoms with E-state index in [1.54, 1.807) is 18.4 Å². The normalized spacial score (nSPS) is 10.3. The van der Waals surface area contributed by atoms with E-state index in [1.165, 1.54) is 0 Å². The number of nitrogens with zero attached hydrogens (tertiary/aromatic N) is 1. The summed E-state index contributed by atoms with van der Waals surface area (Å²) in [6, 6.07) is 7.80. The van der Waals surface area contributed by atoms with Gasteiger partial charge in [0.15, 0.2) is 0 Å². The minimum atomic E-state index is 0.0755. The molecule has 2 rings (SSSR count).